The Balaban J connectivity index is 1.81. The summed E-state index contributed by atoms with van der Waals surface area (Å²) in [5, 5.41) is 0.604. The summed E-state index contributed by atoms with van der Waals surface area (Å²) >= 11 is 5.77. The molecule has 0 bridgehead atoms. The van der Waals surface area contributed by atoms with E-state index < -0.39 is 12.7 Å². The van der Waals surface area contributed by atoms with Crippen LogP contribution in [0.5, 0.6) is 0 Å². The van der Waals surface area contributed by atoms with Gasteiger partial charge in [-0.2, -0.15) is 13.2 Å². The number of hydrogen-bond donors (Lipinski definition) is 0. The maximum Gasteiger partial charge on any atom is 0.401 e. The molecule has 116 valence electrons. The first-order chi connectivity index (χ1) is 9.83. The van der Waals surface area contributed by atoms with Gasteiger partial charge in [-0.05, 0) is 17.7 Å². The highest BCUT2D eigenvalue weighted by Crippen LogP contribution is 2.18. The van der Waals surface area contributed by atoms with Gasteiger partial charge in [0.25, 0.3) is 0 Å². The molecule has 0 aromatic heterocycles. The summed E-state index contributed by atoms with van der Waals surface area (Å²) in [5.41, 5.74) is 0.849. The standard InChI is InChI=1S/C14H16ClF3N2O/c15-12-3-1-11(2-4-12)9-13(21)20-7-5-19(6-8-20)10-14(16,17)18/h1-4H,5-10H2. The Morgan fingerprint density at radius 1 is 1.10 bits per heavy atom. The highest BCUT2D eigenvalue weighted by atomic mass is 35.5. The van der Waals surface area contributed by atoms with Crippen molar-refractivity contribution in [2.45, 2.75) is 12.6 Å². The third-order valence-corrected chi connectivity index (χ3v) is 3.65. The second-order valence-electron chi connectivity index (χ2n) is 5.08. The molecule has 1 aliphatic heterocycles. The molecule has 1 aromatic carbocycles. The summed E-state index contributed by atoms with van der Waals surface area (Å²) in [6.45, 7) is 0.273. The Hall–Kier alpha value is -1.27. The van der Waals surface area contributed by atoms with E-state index in [9.17, 15) is 18.0 Å². The van der Waals surface area contributed by atoms with Crippen molar-refractivity contribution in [2.24, 2.45) is 0 Å². The number of halogens is 4. The van der Waals surface area contributed by atoms with Crippen molar-refractivity contribution in [3.05, 3.63) is 34.9 Å². The lowest BCUT2D eigenvalue weighted by atomic mass is 10.1. The van der Waals surface area contributed by atoms with E-state index in [-0.39, 0.29) is 25.4 Å². The molecule has 0 radical (unpaired) electrons. The smallest absolute Gasteiger partial charge is 0.340 e. The lowest BCUT2D eigenvalue weighted by molar-refractivity contribution is -0.151. The lowest BCUT2D eigenvalue weighted by Gasteiger charge is -2.35. The van der Waals surface area contributed by atoms with Gasteiger partial charge in [0.15, 0.2) is 0 Å². The van der Waals surface area contributed by atoms with Gasteiger partial charge < -0.3 is 4.90 Å². The number of rotatable bonds is 3. The van der Waals surface area contributed by atoms with Crippen molar-refractivity contribution in [3.8, 4) is 0 Å². The second-order valence-corrected chi connectivity index (χ2v) is 5.51. The van der Waals surface area contributed by atoms with Gasteiger partial charge in [0.05, 0.1) is 13.0 Å². The van der Waals surface area contributed by atoms with E-state index >= 15 is 0 Å². The maximum atomic E-state index is 12.3. The Morgan fingerprint density at radius 2 is 1.67 bits per heavy atom. The normalized spacial score (nSPS) is 17.0. The number of benzene rings is 1. The highest BCUT2D eigenvalue weighted by Gasteiger charge is 2.32. The number of carbonyl (C=O) groups excluding carboxylic acids is 1. The first-order valence-corrected chi connectivity index (χ1v) is 7.02. The SMILES string of the molecule is O=C(Cc1ccc(Cl)cc1)N1CCN(CC(F)(F)F)CC1. The predicted octanol–water partition coefficient (Wildman–Crippen LogP) is 2.59. The minimum atomic E-state index is -4.19. The van der Waals surface area contributed by atoms with E-state index in [0.29, 0.717) is 18.1 Å². The van der Waals surface area contributed by atoms with E-state index in [1.807, 2.05) is 0 Å². The van der Waals surface area contributed by atoms with Crippen LogP contribution in [0.3, 0.4) is 0 Å². The zero-order valence-corrected chi connectivity index (χ0v) is 12.1. The van der Waals surface area contributed by atoms with Crippen LogP contribution in [0.25, 0.3) is 0 Å². The zero-order valence-electron chi connectivity index (χ0n) is 11.4. The van der Waals surface area contributed by atoms with Crippen LogP contribution in [0, 0.1) is 0 Å². The number of amides is 1. The Kier molecular flexibility index (Phi) is 5.11. The molecule has 1 fully saturated rings. The fraction of sp³-hybridized carbons (Fsp3) is 0.500. The number of carbonyl (C=O) groups is 1. The van der Waals surface area contributed by atoms with E-state index in [2.05, 4.69) is 0 Å². The zero-order chi connectivity index (χ0) is 15.5. The van der Waals surface area contributed by atoms with Gasteiger partial charge in [-0.25, -0.2) is 0 Å². The van der Waals surface area contributed by atoms with E-state index in [1.54, 1.807) is 29.2 Å². The molecule has 1 amide bonds. The van der Waals surface area contributed by atoms with Crippen molar-refractivity contribution in [3.63, 3.8) is 0 Å². The van der Waals surface area contributed by atoms with E-state index in [1.165, 1.54) is 4.90 Å². The van der Waals surface area contributed by atoms with Gasteiger partial charge in [0, 0.05) is 31.2 Å². The maximum absolute atomic E-state index is 12.3. The Labute approximate surface area is 126 Å². The Morgan fingerprint density at radius 3 is 2.19 bits per heavy atom. The summed E-state index contributed by atoms with van der Waals surface area (Å²) in [6, 6.07) is 6.98. The molecule has 1 heterocycles. The Bertz CT molecular complexity index is 482. The molecule has 0 N–H and O–H groups in total. The average molecular weight is 321 g/mol. The van der Waals surface area contributed by atoms with Gasteiger partial charge in [0.1, 0.15) is 0 Å². The first-order valence-electron chi connectivity index (χ1n) is 6.65. The topological polar surface area (TPSA) is 23.6 Å². The molecule has 1 aliphatic rings. The van der Waals surface area contributed by atoms with Crippen LogP contribution in [-0.2, 0) is 11.2 Å². The van der Waals surface area contributed by atoms with Gasteiger partial charge >= 0.3 is 6.18 Å². The molecule has 0 unspecified atom stereocenters. The first kappa shape index (κ1) is 16.1. The summed E-state index contributed by atoms with van der Waals surface area (Å²) in [6.07, 6.45) is -3.94. The molecule has 21 heavy (non-hydrogen) atoms. The molecule has 0 aliphatic carbocycles. The molecular weight excluding hydrogens is 305 g/mol. The molecule has 0 atom stereocenters. The largest absolute Gasteiger partial charge is 0.401 e. The van der Waals surface area contributed by atoms with Crippen molar-refractivity contribution in [2.75, 3.05) is 32.7 Å². The third-order valence-electron chi connectivity index (χ3n) is 3.40. The fourth-order valence-corrected chi connectivity index (χ4v) is 2.42. The van der Waals surface area contributed by atoms with Crippen LogP contribution in [0.4, 0.5) is 13.2 Å². The van der Waals surface area contributed by atoms with Crippen LogP contribution in [-0.4, -0.2) is 54.6 Å². The number of alkyl halides is 3. The quantitative estimate of drug-likeness (QED) is 0.854. The third kappa shape index (κ3) is 5.21. The summed E-state index contributed by atoms with van der Waals surface area (Å²) in [5.74, 6) is -0.0658. The summed E-state index contributed by atoms with van der Waals surface area (Å²) in [4.78, 5) is 15.0. The van der Waals surface area contributed by atoms with Crippen LogP contribution < -0.4 is 0 Å². The minimum Gasteiger partial charge on any atom is -0.340 e. The summed E-state index contributed by atoms with van der Waals surface area (Å²) in [7, 11) is 0. The minimum absolute atomic E-state index is 0.0658. The molecule has 2 rings (SSSR count). The molecule has 1 aromatic rings. The molecule has 0 spiro atoms. The van der Waals surface area contributed by atoms with Crippen molar-refractivity contribution >= 4 is 17.5 Å². The molecular formula is C14H16ClF3N2O. The summed E-state index contributed by atoms with van der Waals surface area (Å²) < 4.78 is 36.8. The van der Waals surface area contributed by atoms with Crippen LogP contribution in [0.15, 0.2) is 24.3 Å². The van der Waals surface area contributed by atoms with Crippen molar-refractivity contribution in [1.82, 2.24) is 9.80 Å². The molecule has 0 saturated carbocycles. The number of nitrogens with zero attached hydrogens (tertiary/aromatic N) is 2. The highest BCUT2D eigenvalue weighted by molar-refractivity contribution is 6.30. The fourth-order valence-electron chi connectivity index (χ4n) is 2.30. The van der Waals surface area contributed by atoms with Crippen molar-refractivity contribution in [1.29, 1.82) is 0 Å². The van der Waals surface area contributed by atoms with Crippen molar-refractivity contribution < 1.29 is 18.0 Å². The lowest BCUT2D eigenvalue weighted by Crippen LogP contribution is -2.51. The van der Waals surface area contributed by atoms with E-state index in [0.717, 1.165) is 5.56 Å². The monoisotopic (exact) mass is 320 g/mol. The average Bonchev–Trinajstić information content (AvgIpc) is 2.40. The van der Waals surface area contributed by atoms with Crippen LogP contribution >= 0.6 is 11.6 Å². The van der Waals surface area contributed by atoms with Gasteiger partial charge in [-0.1, -0.05) is 23.7 Å². The van der Waals surface area contributed by atoms with Gasteiger partial charge in [-0.15, -0.1) is 0 Å². The van der Waals surface area contributed by atoms with Crippen LogP contribution in [0.2, 0.25) is 5.02 Å². The van der Waals surface area contributed by atoms with Gasteiger partial charge in [0.2, 0.25) is 5.91 Å². The van der Waals surface area contributed by atoms with E-state index in [4.69, 9.17) is 11.6 Å². The van der Waals surface area contributed by atoms with Crippen LogP contribution in [0.1, 0.15) is 5.56 Å². The number of hydrogen-bond acceptors (Lipinski definition) is 2. The van der Waals surface area contributed by atoms with Gasteiger partial charge in [-0.3, -0.25) is 9.69 Å². The molecule has 7 heteroatoms. The number of piperazine rings is 1. The predicted molar refractivity (Wildman–Crippen MR) is 74.2 cm³/mol. The molecule has 3 nitrogen and oxygen atoms in total. The molecule has 1 saturated heterocycles. The second kappa shape index (κ2) is 6.66.